The summed E-state index contributed by atoms with van der Waals surface area (Å²) in [5.41, 5.74) is 0.889. The summed E-state index contributed by atoms with van der Waals surface area (Å²) in [6.45, 7) is 3.93. The minimum Gasteiger partial charge on any atom is -0.494 e. The van der Waals surface area contributed by atoms with Gasteiger partial charge in [0.05, 0.1) is 12.6 Å². The van der Waals surface area contributed by atoms with Crippen LogP contribution in [0.2, 0.25) is 0 Å². The van der Waals surface area contributed by atoms with Gasteiger partial charge in [-0.2, -0.15) is 0 Å². The number of benzene rings is 1. The molecule has 1 N–H and O–H groups in total. The number of halogens is 1. The number of nitrogens with one attached hydrogen (secondary N) is 1. The number of rotatable bonds is 3. The molecule has 3 rings (SSSR count). The van der Waals surface area contributed by atoms with Crippen LogP contribution in [0.4, 0.5) is 4.39 Å². The van der Waals surface area contributed by atoms with Crippen LogP contribution in [0.25, 0.3) is 0 Å². The van der Waals surface area contributed by atoms with Crippen LogP contribution in [0.1, 0.15) is 44.6 Å². The predicted octanol–water partition coefficient (Wildman–Crippen LogP) is 2.86. The number of hydrogen-bond acceptors (Lipinski definition) is 3. The van der Waals surface area contributed by atoms with Crippen molar-refractivity contribution in [1.82, 2.24) is 10.2 Å². The molecule has 2 atom stereocenters. The highest BCUT2D eigenvalue weighted by molar-refractivity contribution is 5.78. The van der Waals surface area contributed by atoms with Crippen LogP contribution >= 0.6 is 0 Å². The molecule has 0 spiro atoms. The molecule has 2 heterocycles. The topological polar surface area (TPSA) is 41.6 Å². The van der Waals surface area contributed by atoms with Crippen LogP contribution in [0.3, 0.4) is 0 Å². The molecule has 4 nitrogen and oxygen atoms in total. The molecule has 5 heteroatoms. The van der Waals surface area contributed by atoms with Gasteiger partial charge in [-0.1, -0.05) is 6.07 Å². The first-order valence-corrected chi connectivity index (χ1v) is 8.39. The van der Waals surface area contributed by atoms with Gasteiger partial charge in [-0.3, -0.25) is 9.69 Å². The first-order valence-electron chi connectivity index (χ1n) is 8.39. The van der Waals surface area contributed by atoms with E-state index in [1.807, 2.05) is 6.07 Å². The Kier molecular flexibility index (Phi) is 4.57. The summed E-state index contributed by atoms with van der Waals surface area (Å²) in [7, 11) is 1.49. The van der Waals surface area contributed by atoms with Crippen molar-refractivity contribution in [3.05, 3.63) is 29.6 Å². The number of piperidine rings is 1. The van der Waals surface area contributed by atoms with Crippen LogP contribution in [0, 0.1) is 5.82 Å². The number of hydrogen-bond donors (Lipinski definition) is 1. The molecule has 2 saturated heterocycles. The number of carbonyl (C=O) groups excluding carboxylic acids is 1. The zero-order valence-electron chi connectivity index (χ0n) is 13.9. The fourth-order valence-corrected chi connectivity index (χ4v) is 4.05. The summed E-state index contributed by atoms with van der Waals surface area (Å²) in [4.78, 5) is 14.3. The molecule has 1 amide bonds. The lowest BCUT2D eigenvalue weighted by Gasteiger charge is -2.46. The third-order valence-electron chi connectivity index (χ3n) is 5.24. The zero-order valence-corrected chi connectivity index (χ0v) is 13.9. The van der Waals surface area contributed by atoms with Crippen LogP contribution in [-0.4, -0.2) is 36.0 Å². The van der Waals surface area contributed by atoms with Gasteiger partial charge in [0.15, 0.2) is 11.6 Å². The van der Waals surface area contributed by atoms with Crippen LogP contribution in [0.15, 0.2) is 18.2 Å². The third-order valence-corrected chi connectivity index (χ3v) is 5.24. The highest BCUT2D eigenvalue weighted by Gasteiger charge is 2.43. The van der Waals surface area contributed by atoms with E-state index in [-0.39, 0.29) is 23.0 Å². The van der Waals surface area contributed by atoms with Crippen LogP contribution in [-0.2, 0) is 11.3 Å². The van der Waals surface area contributed by atoms with Crippen molar-refractivity contribution < 1.29 is 13.9 Å². The fraction of sp³-hybridized carbons (Fsp3) is 0.611. The van der Waals surface area contributed by atoms with Crippen molar-refractivity contribution in [3.63, 3.8) is 0 Å². The summed E-state index contributed by atoms with van der Waals surface area (Å²) in [6, 6.07) is 5.40. The predicted molar refractivity (Wildman–Crippen MR) is 86.8 cm³/mol. The minimum atomic E-state index is -0.332. The second kappa shape index (κ2) is 6.48. The summed E-state index contributed by atoms with van der Waals surface area (Å²) in [6.07, 6.45) is 4.74. The van der Waals surface area contributed by atoms with Gasteiger partial charge in [0.1, 0.15) is 0 Å². The standard InChI is InChI=1S/C18H25FN2O2/c1-18-9-3-4-10-21(16(18)7-8-17(22)20-18)12-13-5-6-14(19)15(11-13)23-2/h5-6,11,16H,3-4,7-10,12H2,1-2H3,(H,20,22)/t16-,18-/m0/s1. The van der Waals surface area contributed by atoms with E-state index in [9.17, 15) is 9.18 Å². The molecule has 1 aromatic carbocycles. The van der Waals surface area contributed by atoms with Gasteiger partial charge < -0.3 is 10.1 Å². The molecular weight excluding hydrogens is 295 g/mol. The maximum atomic E-state index is 13.6. The van der Waals surface area contributed by atoms with Gasteiger partial charge in [-0.15, -0.1) is 0 Å². The first-order chi connectivity index (χ1) is 11.0. The maximum absolute atomic E-state index is 13.6. The van der Waals surface area contributed by atoms with E-state index in [0.717, 1.165) is 44.3 Å². The summed E-state index contributed by atoms with van der Waals surface area (Å²) in [5, 5.41) is 3.22. The third kappa shape index (κ3) is 3.34. The minimum absolute atomic E-state index is 0.157. The SMILES string of the molecule is COc1cc(CN2CCCC[C@]3(C)NC(=O)CC[C@H]23)ccc1F. The highest BCUT2D eigenvalue weighted by Crippen LogP contribution is 2.34. The molecule has 0 aromatic heterocycles. The van der Waals surface area contributed by atoms with Crippen molar-refractivity contribution in [2.75, 3.05) is 13.7 Å². The Morgan fingerprint density at radius 2 is 2.26 bits per heavy atom. The van der Waals surface area contributed by atoms with Gasteiger partial charge in [0.2, 0.25) is 5.91 Å². The molecule has 1 aromatic rings. The molecule has 2 fully saturated rings. The maximum Gasteiger partial charge on any atom is 0.220 e. The van der Waals surface area contributed by atoms with Gasteiger partial charge in [0, 0.05) is 19.0 Å². The number of nitrogens with zero attached hydrogens (tertiary/aromatic N) is 1. The lowest BCUT2D eigenvalue weighted by Crippen LogP contribution is -2.62. The molecule has 0 aliphatic carbocycles. The number of methoxy groups -OCH3 is 1. The Bertz CT molecular complexity index is 592. The Morgan fingerprint density at radius 3 is 3.04 bits per heavy atom. The van der Waals surface area contributed by atoms with E-state index in [4.69, 9.17) is 4.74 Å². The van der Waals surface area contributed by atoms with Crippen LogP contribution in [0.5, 0.6) is 5.75 Å². The zero-order chi connectivity index (χ0) is 16.4. The molecule has 0 radical (unpaired) electrons. The Hall–Kier alpha value is -1.62. The van der Waals surface area contributed by atoms with Crippen LogP contribution < -0.4 is 10.1 Å². The smallest absolute Gasteiger partial charge is 0.220 e. The van der Waals surface area contributed by atoms with Crippen molar-refractivity contribution in [1.29, 1.82) is 0 Å². The first kappa shape index (κ1) is 16.2. The number of ether oxygens (including phenoxy) is 1. The van der Waals surface area contributed by atoms with E-state index < -0.39 is 0 Å². The quantitative estimate of drug-likeness (QED) is 0.931. The van der Waals surface area contributed by atoms with Gasteiger partial charge >= 0.3 is 0 Å². The lowest BCUT2D eigenvalue weighted by atomic mass is 9.81. The average molecular weight is 320 g/mol. The number of likely N-dealkylation sites (tertiary alicyclic amines) is 1. The van der Waals surface area contributed by atoms with Crippen molar-refractivity contribution in [3.8, 4) is 5.75 Å². The molecule has 126 valence electrons. The van der Waals surface area contributed by atoms with E-state index in [1.165, 1.54) is 13.2 Å². The van der Waals surface area contributed by atoms with E-state index in [2.05, 4.69) is 17.1 Å². The summed E-state index contributed by atoms with van der Waals surface area (Å²) in [5.74, 6) is 0.118. The van der Waals surface area contributed by atoms with Gasteiger partial charge in [0.25, 0.3) is 0 Å². The average Bonchev–Trinajstić information content (AvgIpc) is 2.67. The fourth-order valence-electron chi connectivity index (χ4n) is 4.05. The van der Waals surface area contributed by atoms with E-state index in [0.29, 0.717) is 12.5 Å². The monoisotopic (exact) mass is 320 g/mol. The Labute approximate surface area is 137 Å². The second-order valence-corrected chi connectivity index (χ2v) is 6.92. The van der Waals surface area contributed by atoms with Crippen molar-refractivity contribution >= 4 is 5.91 Å². The molecule has 0 saturated carbocycles. The Morgan fingerprint density at radius 1 is 1.43 bits per heavy atom. The lowest BCUT2D eigenvalue weighted by molar-refractivity contribution is -0.127. The molecule has 23 heavy (non-hydrogen) atoms. The molecule has 2 aliphatic heterocycles. The summed E-state index contributed by atoms with van der Waals surface area (Å²) < 4.78 is 18.7. The van der Waals surface area contributed by atoms with Crippen molar-refractivity contribution in [2.24, 2.45) is 0 Å². The number of amides is 1. The normalized spacial score (nSPS) is 28.7. The molecular formula is C18H25FN2O2. The van der Waals surface area contributed by atoms with E-state index in [1.54, 1.807) is 6.07 Å². The van der Waals surface area contributed by atoms with E-state index >= 15 is 0 Å². The van der Waals surface area contributed by atoms with Gasteiger partial charge in [-0.25, -0.2) is 4.39 Å². The molecule has 0 bridgehead atoms. The number of fused-ring (bicyclic) bond motifs is 1. The highest BCUT2D eigenvalue weighted by atomic mass is 19.1. The molecule has 0 unspecified atom stereocenters. The largest absolute Gasteiger partial charge is 0.494 e. The summed E-state index contributed by atoms with van der Waals surface area (Å²) >= 11 is 0. The molecule has 2 aliphatic rings. The van der Waals surface area contributed by atoms with Crippen molar-refractivity contribution in [2.45, 2.75) is 57.2 Å². The number of carbonyl (C=O) groups is 1. The Balaban J connectivity index is 1.82. The second-order valence-electron chi connectivity index (χ2n) is 6.92. The van der Waals surface area contributed by atoms with Gasteiger partial charge in [-0.05, 0) is 56.8 Å².